The summed E-state index contributed by atoms with van der Waals surface area (Å²) < 4.78 is 0. The fourth-order valence-corrected chi connectivity index (χ4v) is 0.594. The number of hydrogen-bond donors (Lipinski definition) is 3. The zero-order valence-corrected chi connectivity index (χ0v) is 5.80. The highest BCUT2D eigenvalue weighted by molar-refractivity contribution is 4.48. The van der Waals surface area contributed by atoms with Crippen molar-refractivity contribution < 1.29 is 10.2 Å². The molecule has 1 atom stereocenters. The first-order valence-electron chi connectivity index (χ1n) is 3.27. The molecule has 0 heterocycles. The minimum atomic E-state index is -0.406. The first kappa shape index (κ1) is 8.88. The molecule has 0 aromatic carbocycles. The number of rotatable bonds is 5. The fourth-order valence-electron chi connectivity index (χ4n) is 0.594. The highest BCUT2D eigenvalue weighted by Crippen LogP contribution is 1.96. The Hall–Kier alpha value is -0.120. The van der Waals surface area contributed by atoms with Crippen molar-refractivity contribution in [3.8, 4) is 0 Å². The van der Waals surface area contributed by atoms with Gasteiger partial charge in [0.1, 0.15) is 6.23 Å². The van der Waals surface area contributed by atoms with Crippen LogP contribution in [0.15, 0.2) is 0 Å². The Morgan fingerprint density at radius 1 is 1.44 bits per heavy atom. The van der Waals surface area contributed by atoms with Crippen LogP contribution in [-0.4, -0.2) is 30.1 Å². The van der Waals surface area contributed by atoms with Crippen LogP contribution in [-0.2, 0) is 0 Å². The van der Waals surface area contributed by atoms with Crippen molar-refractivity contribution in [2.75, 3.05) is 13.7 Å². The maximum absolute atomic E-state index is 8.89. The topological polar surface area (TPSA) is 52.5 Å². The van der Waals surface area contributed by atoms with Gasteiger partial charge in [0, 0.05) is 6.61 Å². The second-order valence-electron chi connectivity index (χ2n) is 2.02. The summed E-state index contributed by atoms with van der Waals surface area (Å²) >= 11 is 0. The molecule has 0 aliphatic rings. The second-order valence-corrected chi connectivity index (χ2v) is 2.02. The summed E-state index contributed by atoms with van der Waals surface area (Å²) in [6.07, 6.45) is 1.96. The molecule has 9 heavy (non-hydrogen) atoms. The summed E-state index contributed by atoms with van der Waals surface area (Å²) in [7, 11) is 1.71. The first-order chi connectivity index (χ1) is 4.31. The minimum Gasteiger partial charge on any atom is -0.396 e. The number of unbranched alkanes of at least 4 members (excludes halogenated alkanes) is 1. The molecule has 3 nitrogen and oxygen atoms in total. The lowest BCUT2D eigenvalue weighted by atomic mass is 10.2. The molecule has 0 aromatic heterocycles. The monoisotopic (exact) mass is 133 g/mol. The van der Waals surface area contributed by atoms with Crippen LogP contribution in [0.3, 0.4) is 0 Å². The average Bonchev–Trinajstić information content (AvgIpc) is 1.89. The van der Waals surface area contributed by atoms with Crippen LogP contribution in [0.4, 0.5) is 0 Å². The van der Waals surface area contributed by atoms with Gasteiger partial charge in [0.2, 0.25) is 0 Å². The minimum absolute atomic E-state index is 0.219. The van der Waals surface area contributed by atoms with E-state index in [1.807, 2.05) is 0 Å². The van der Waals surface area contributed by atoms with E-state index in [0.717, 1.165) is 19.3 Å². The summed E-state index contributed by atoms with van der Waals surface area (Å²) in [4.78, 5) is 0. The lowest BCUT2D eigenvalue weighted by Crippen LogP contribution is -2.23. The van der Waals surface area contributed by atoms with Crippen molar-refractivity contribution >= 4 is 0 Å². The summed E-state index contributed by atoms with van der Waals surface area (Å²) in [5.74, 6) is 0. The standard InChI is InChI=1S/C6H15NO2/c1-7-6(9)4-2-3-5-8/h6-9H,2-5H2,1H3. The van der Waals surface area contributed by atoms with Crippen LogP contribution >= 0.6 is 0 Å². The van der Waals surface area contributed by atoms with Crippen LogP contribution in [0.2, 0.25) is 0 Å². The molecule has 0 spiro atoms. The van der Waals surface area contributed by atoms with E-state index in [2.05, 4.69) is 5.32 Å². The van der Waals surface area contributed by atoms with Gasteiger partial charge < -0.3 is 10.2 Å². The highest BCUT2D eigenvalue weighted by Gasteiger charge is 1.96. The molecule has 0 saturated carbocycles. The predicted octanol–water partition coefficient (Wildman–Crippen LogP) is -0.313. The van der Waals surface area contributed by atoms with Crippen molar-refractivity contribution in [3.63, 3.8) is 0 Å². The molecule has 0 radical (unpaired) electrons. The van der Waals surface area contributed by atoms with Crippen molar-refractivity contribution in [2.24, 2.45) is 0 Å². The molecule has 3 N–H and O–H groups in total. The van der Waals surface area contributed by atoms with E-state index in [9.17, 15) is 0 Å². The Morgan fingerprint density at radius 3 is 2.56 bits per heavy atom. The van der Waals surface area contributed by atoms with E-state index in [0.29, 0.717) is 0 Å². The molecule has 56 valence electrons. The van der Waals surface area contributed by atoms with Gasteiger partial charge in [0.25, 0.3) is 0 Å². The van der Waals surface area contributed by atoms with E-state index < -0.39 is 6.23 Å². The van der Waals surface area contributed by atoms with Gasteiger partial charge in [-0.15, -0.1) is 0 Å². The molecule has 0 rings (SSSR count). The fraction of sp³-hybridized carbons (Fsp3) is 1.00. The molecule has 0 bridgehead atoms. The van der Waals surface area contributed by atoms with Gasteiger partial charge in [-0.3, -0.25) is 5.32 Å². The van der Waals surface area contributed by atoms with Crippen LogP contribution < -0.4 is 5.32 Å². The second kappa shape index (κ2) is 6.01. The molecule has 0 saturated heterocycles. The SMILES string of the molecule is CNC(O)CCCCO. The summed E-state index contributed by atoms with van der Waals surface area (Å²) in [5.41, 5.74) is 0. The van der Waals surface area contributed by atoms with Gasteiger partial charge in [0.05, 0.1) is 0 Å². The van der Waals surface area contributed by atoms with Crippen molar-refractivity contribution in [2.45, 2.75) is 25.5 Å². The van der Waals surface area contributed by atoms with Gasteiger partial charge in [0.15, 0.2) is 0 Å². The smallest absolute Gasteiger partial charge is 0.104 e. The van der Waals surface area contributed by atoms with Crippen LogP contribution in [0.5, 0.6) is 0 Å². The third-order valence-electron chi connectivity index (χ3n) is 1.22. The van der Waals surface area contributed by atoms with E-state index in [1.165, 1.54) is 0 Å². The Labute approximate surface area is 55.7 Å². The Kier molecular flexibility index (Phi) is 5.93. The maximum Gasteiger partial charge on any atom is 0.104 e. The molecule has 0 amide bonds. The third-order valence-corrected chi connectivity index (χ3v) is 1.22. The predicted molar refractivity (Wildman–Crippen MR) is 36.0 cm³/mol. The van der Waals surface area contributed by atoms with E-state index in [4.69, 9.17) is 10.2 Å². The van der Waals surface area contributed by atoms with Crippen molar-refractivity contribution in [1.82, 2.24) is 5.32 Å². The molecule has 1 unspecified atom stereocenters. The summed E-state index contributed by atoms with van der Waals surface area (Å²) in [6, 6.07) is 0. The zero-order valence-electron chi connectivity index (χ0n) is 5.80. The lowest BCUT2D eigenvalue weighted by Gasteiger charge is -2.06. The molecular weight excluding hydrogens is 118 g/mol. The van der Waals surface area contributed by atoms with Gasteiger partial charge in [-0.2, -0.15) is 0 Å². The molecular formula is C6H15NO2. The van der Waals surface area contributed by atoms with Gasteiger partial charge in [-0.1, -0.05) is 0 Å². The molecule has 0 aliphatic carbocycles. The quantitative estimate of drug-likeness (QED) is 0.356. The molecule has 0 fully saturated rings. The molecule has 0 aromatic rings. The normalized spacial score (nSPS) is 13.7. The Balaban J connectivity index is 2.88. The van der Waals surface area contributed by atoms with Gasteiger partial charge in [-0.25, -0.2) is 0 Å². The number of aliphatic hydroxyl groups is 2. The number of aliphatic hydroxyl groups excluding tert-OH is 2. The first-order valence-corrected chi connectivity index (χ1v) is 3.27. The lowest BCUT2D eigenvalue weighted by molar-refractivity contribution is 0.131. The van der Waals surface area contributed by atoms with Crippen LogP contribution in [0.1, 0.15) is 19.3 Å². The molecule has 0 aliphatic heterocycles. The largest absolute Gasteiger partial charge is 0.396 e. The molecule has 3 heteroatoms. The van der Waals surface area contributed by atoms with Crippen LogP contribution in [0, 0.1) is 0 Å². The van der Waals surface area contributed by atoms with Gasteiger partial charge in [-0.05, 0) is 26.3 Å². The van der Waals surface area contributed by atoms with Crippen molar-refractivity contribution in [3.05, 3.63) is 0 Å². The van der Waals surface area contributed by atoms with E-state index in [-0.39, 0.29) is 6.61 Å². The van der Waals surface area contributed by atoms with Gasteiger partial charge >= 0.3 is 0 Å². The van der Waals surface area contributed by atoms with E-state index in [1.54, 1.807) is 7.05 Å². The maximum atomic E-state index is 8.89. The van der Waals surface area contributed by atoms with Crippen molar-refractivity contribution in [1.29, 1.82) is 0 Å². The summed E-state index contributed by atoms with van der Waals surface area (Å²) in [5, 5.41) is 19.9. The van der Waals surface area contributed by atoms with E-state index >= 15 is 0 Å². The Morgan fingerprint density at radius 2 is 2.11 bits per heavy atom. The van der Waals surface area contributed by atoms with Crippen LogP contribution in [0.25, 0.3) is 0 Å². The zero-order chi connectivity index (χ0) is 7.11. The third kappa shape index (κ3) is 5.76. The highest BCUT2D eigenvalue weighted by atomic mass is 16.3. The number of hydrogen-bond acceptors (Lipinski definition) is 3. The summed E-state index contributed by atoms with van der Waals surface area (Å²) in [6.45, 7) is 0.219. The Bertz CT molecular complexity index is 59.0. The average molecular weight is 133 g/mol. The number of nitrogens with one attached hydrogen (secondary N) is 1.